The first kappa shape index (κ1) is 12.1. The molecule has 0 saturated heterocycles. The fourth-order valence-electron chi connectivity index (χ4n) is 4.14. The summed E-state index contributed by atoms with van der Waals surface area (Å²) in [5.74, 6) is 0.717. The maximum atomic E-state index is 12.1. The van der Waals surface area contributed by atoms with Crippen molar-refractivity contribution >= 4 is 6.09 Å². The lowest BCUT2D eigenvalue weighted by Gasteiger charge is -2.38. The van der Waals surface area contributed by atoms with E-state index in [2.05, 4.69) is 20.8 Å². The van der Waals surface area contributed by atoms with Crippen molar-refractivity contribution in [2.45, 2.75) is 52.6 Å². The molecular weight excluding hydrogens is 226 g/mol. The predicted octanol–water partition coefficient (Wildman–Crippen LogP) is 3.56. The highest BCUT2D eigenvalue weighted by atomic mass is 16.6. The van der Waals surface area contributed by atoms with Crippen molar-refractivity contribution in [2.75, 3.05) is 6.54 Å². The predicted molar refractivity (Wildman–Crippen MR) is 70.0 cm³/mol. The van der Waals surface area contributed by atoms with Crippen LogP contribution in [-0.4, -0.2) is 23.6 Å². The van der Waals surface area contributed by atoms with Crippen molar-refractivity contribution in [1.29, 1.82) is 0 Å². The van der Waals surface area contributed by atoms with Gasteiger partial charge < -0.3 is 4.74 Å². The molecule has 1 amide bonds. The number of hydrogen-bond acceptors (Lipinski definition) is 2. The third kappa shape index (κ3) is 1.45. The lowest BCUT2D eigenvalue weighted by Crippen LogP contribution is -2.40. The van der Waals surface area contributed by atoms with Crippen LogP contribution in [0.5, 0.6) is 0 Å². The molecule has 3 atom stereocenters. The zero-order valence-corrected chi connectivity index (χ0v) is 11.6. The second-order valence-corrected chi connectivity index (χ2v) is 6.85. The number of ether oxygens (including phenoxy) is 1. The highest BCUT2D eigenvalue weighted by Gasteiger charge is 2.63. The summed E-state index contributed by atoms with van der Waals surface area (Å²) in [7, 11) is 0. The number of nitrogens with zero attached hydrogens (tertiary/aromatic N) is 1. The van der Waals surface area contributed by atoms with Gasteiger partial charge in [-0.15, -0.1) is 0 Å². The molecule has 1 heterocycles. The van der Waals surface area contributed by atoms with E-state index in [1.54, 1.807) is 4.90 Å². The van der Waals surface area contributed by atoms with E-state index in [0.29, 0.717) is 5.41 Å². The summed E-state index contributed by atoms with van der Waals surface area (Å²) < 4.78 is 5.80. The second-order valence-electron chi connectivity index (χ2n) is 6.85. The maximum absolute atomic E-state index is 12.1. The van der Waals surface area contributed by atoms with Gasteiger partial charge in [0.2, 0.25) is 0 Å². The average molecular weight is 249 g/mol. The minimum Gasteiger partial charge on any atom is -0.445 e. The van der Waals surface area contributed by atoms with Crippen LogP contribution in [0.25, 0.3) is 0 Å². The van der Waals surface area contributed by atoms with Crippen molar-refractivity contribution in [3.05, 3.63) is 12.3 Å². The summed E-state index contributed by atoms with van der Waals surface area (Å²) in [5.41, 5.74) is 0.468. The van der Waals surface area contributed by atoms with E-state index in [1.165, 1.54) is 12.8 Å². The first-order chi connectivity index (χ1) is 8.45. The third-order valence-corrected chi connectivity index (χ3v) is 6.01. The Bertz CT molecular complexity index is 401. The fourth-order valence-corrected chi connectivity index (χ4v) is 4.14. The Kier molecular flexibility index (Phi) is 2.51. The van der Waals surface area contributed by atoms with Crippen LogP contribution in [0.15, 0.2) is 12.3 Å². The van der Waals surface area contributed by atoms with Crippen molar-refractivity contribution in [2.24, 2.45) is 16.7 Å². The van der Waals surface area contributed by atoms with Crippen LogP contribution in [-0.2, 0) is 4.74 Å². The lowest BCUT2D eigenvalue weighted by atomic mass is 9.70. The molecule has 18 heavy (non-hydrogen) atoms. The maximum Gasteiger partial charge on any atom is 0.414 e. The summed E-state index contributed by atoms with van der Waals surface area (Å²) in [6.07, 6.45) is 8.31. The number of carbonyl (C=O) groups excluding carboxylic acids is 1. The normalized spacial score (nSPS) is 40.5. The molecule has 0 spiro atoms. The molecule has 2 bridgehead atoms. The zero-order chi connectivity index (χ0) is 13.0. The molecule has 3 aliphatic rings. The van der Waals surface area contributed by atoms with Gasteiger partial charge in [0.15, 0.2) is 0 Å². The van der Waals surface area contributed by atoms with Crippen LogP contribution < -0.4 is 0 Å². The van der Waals surface area contributed by atoms with Crippen molar-refractivity contribution in [3.63, 3.8) is 0 Å². The van der Waals surface area contributed by atoms with Gasteiger partial charge in [-0.25, -0.2) is 4.79 Å². The summed E-state index contributed by atoms with van der Waals surface area (Å²) in [4.78, 5) is 13.8. The summed E-state index contributed by atoms with van der Waals surface area (Å²) in [6, 6.07) is 0. The highest BCUT2D eigenvalue weighted by molar-refractivity contribution is 5.69. The summed E-state index contributed by atoms with van der Waals surface area (Å²) in [5, 5.41) is 0. The zero-order valence-electron chi connectivity index (χ0n) is 11.6. The quantitative estimate of drug-likeness (QED) is 0.711. The smallest absolute Gasteiger partial charge is 0.414 e. The molecule has 2 saturated carbocycles. The molecular formula is C15H23NO2. The van der Waals surface area contributed by atoms with Gasteiger partial charge in [-0.1, -0.05) is 26.8 Å². The lowest BCUT2D eigenvalue weighted by molar-refractivity contribution is -0.0136. The molecule has 0 aromatic carbocycles. The Hall–Kier alpha value is -0.990. The van der Waals surface area contributed by atoms with Crippen LogP contribution in [0.2, 0.25) is 0 Å². The van der Waals surface area contributed by atoms with Crippen LogP contribution in [0, 0.1) is 16.7 Å². The topological polar surface area (TPSA) is 29.5 Å². The van der Waals surface area contributed by atoms with Crippen molar-refractivity contribution < 1.29 is 9.53 Å². The Morgan fingerprint density at radius 1 is 1.39 bits per heavy atom. The first-order valence-corrected chi connectivity index (χ1v) is 7.09. The van der Waals surface area contributed by atoms with Gasteiger partial charge >= 0.3 is 6.09 Å². The van der Waals surface area contributed by atoms with E-state index in [9.17, 15) is 4.79 Å². The summed E-state index contributed by atoms with van der Waals surface area (Å²) in [6.45, 7) is 7.76. The van der Waals surface area contributed by atoms with Gasteiger partial charge in [0, 0.05) is 18.2 Å². The molecule has 1 aliphatic heterocycles. The van der Waals surface area contributed by atoms with E-state index in [1.807, 2.05) is 12.3 Å². The molecule has 3 nitrogen and oxygen atoms in total. The molecule has 3 heteroatoms. The first-order valence-electron chi connectivity index (χ1n) is 7.09. The van der Waals surface area contributed by atoms with Gasteiger partial charge in [-0.3, -0.25) is 4.90 Å². The Morgan fingerprint density at radius 2 is 2.17 bits per heavy atom. The molecule has 0 unspecified atom stereocenters. The number of carbonyl (C=O) groups is 1. The monoisotopic (exact) mass is 249 g/mol. The van der Waals surface area contributed by atoms with E-state index in [-0.39, 0.29) is 17.6 Å². The van der Waals surface area contributed by atoms with Crippen LogP contribution in [0.1, 0.15) is 46.5 Å². The van der Waals surface area contributed by atoms with E-state index in [4.69, 9.17) is 4.74 Å². The average Bonchev–Trinajstić information content (AvgIpc) is 2.95. The number of fused-ring (bicyclic) bond motifs is 2. The number of amides is 1. The standard InChI is InChI=1S/C15H23NO2/c1-14(2)11-6-7-15(14,3)12(10-11)18-13(17)16-8-4-5-9-16/h4,8,11-12H,5-7,9-10H2,1-3H3/t11-,12+,15-/m0/s1. The molecule has 3 rings (SSSR count). The minimum atomic E-state index is -0.154. The molecule has 0 aromatic heterocycles. The minimum absolute atomic E-state index is 0.104. The second kappa shape index (κ2) is 3.75. The van der Waals surface area contributed by atoms with Crippen molar-refractivity contribution in [1.82, 2.24) is 4.90 Å². The van der Waals surface area contributed by atoms with Gasteiger partial charge in [-0.2, -0.15) is 0 Å². The number of hydrogen-bond donors (Lipinski definition) is 0. The molecule has 0 aromatic rings. The van der Waals surface area contributed by atoms with Gasteiger partial charge in [-0.05, 0) is 37.0 Å². The number of rotatable bonds is 1. The Balaban J connectivity index is 1.72. The molecule has 0 N–H and O–H groups in total. The SMILES string of the molecule is CC1(C)[C@H]2CC[C@@]1(C)[C@H](OC(=O)N1C=CCC1)C2. The van der Waals surface area contributed by atoms with Crippen LogP contribution in [0.3, 0.4) is 0 Å². The Labute approximate surface area is 109 Å². The van der Waals surface area contributed by atoms with Crippen LogP contribution >= 0.6 is 0 Å². The van der Waals surface area contributed by atoms with Gasteiger partial charge in [0.25, 0.3) is 0 Å². The van der Waals surface area contributed by atoms with Gasteiger partial charge in [0.05, 0.1) is 0 Å². The highest BCUT2D eigenvalue weighted by Crippen LogP contribution is 2.66. The van der Waals surface area contributed by atoms with E-state index in [0.717, 1.165) is 25.3 Å². The van der Waals surface area contributed by atoms with Crippen LogP contribution in [0.4, 0.5) is 4.79 Å². The third-order valence-electron chi connectivity index (χ3n) is 6.01. The van der Waals surface area contributed by atoms with E-state index >= 15 is 0 Å². The fraction of sp³-hybridized carbons (Fsp3) is 0.800. The van der Waals surface area contributed by atoms with E-state index < -0.39 is 0 Å². The van der Waals surface area contributed by atoms with Crippen molar-refractivity contribution in [3.8, 4) is 0 Å². The molecule has 2 aliphatic carbocycles. The Morgan fingerprint density at radius 3 is 2.67 bits per heavy atom. The summed E-state index contributed by atoms with van der Waals surface area (Å²) >= 11 is 0. The largest absolute Gasteiger partial charge is 0.445 e. The molecule has 0 radical (unpaired) electrons. The molecule has 100 valence electrons. The molecule has 2 fully saturated rings. The van der Waals surface area contributed by atoms with Gasteiger partial charge in [0.1, 0.15) is 6.10 Å².